The summed E-state index contributed by atoms with van der Waals surface area (Å²) in [5, 5.41) is 12.8. The van der Waals surface area contributed by atoms with Gasteiger partial charge in [-0.3, -0.25) is 4.79 Å². The van der Waals surface area contributed by atoms with Crippen LogP contribution >= 0.6 is 23.3 Å². The number of aliphatic carboxylic acids is 1. The summed E-state index contributed by atoms with van der Waals surface area (Å²) in [7, 11) is 0. The highest BCUT2D eigenvalue weighted by Gasteiger charge is 2.13. The van der Waals surface area contributed by atoms with Crippen LogP contribution in [0.5, 0.6) is 5.75 Å². The summed E-state index contributed by atoms with van der Waals surface area (Å²) in [6.45, 7) is 4.33. The van der Waals surface area contributed by atoms with Crippen LogP contribution in [0.2, 0.25) is 0 Å². The van der Waals surface area contributed by atoms with Crippen LogP contribution in [0.4, 0.5) is 0 Å². The predicted molar refractivity (Wildman–Crippen MR) is 130 cm³/mol. The molecule has 7 nitrogen and oxygen atoms in total. The number of benzene rings is 2. The lowest BCUT2D eigenvalue weighted by Crippen LogP contribution is -2.03. The Kier molecular flexibility index (Phi) is 7.41. The molecule has 170 valence electrons. The summed E-state index contributed by atoms with van der Waals surface area (Å²) < 4.78 is 15.8. The number of nitrogens with zero attached hydrogens (tertiary/aromatic N) is 3. The van der Waals surface area contributed by atoms with E-state index in [2.05, 4.69) is 14.6 Å². The van der Waals surface area contributed by atoms with Gasteiger partial charge < -0.3 is 14.3 Å². The second kappa shape index (κ2) is 10.6. The number of carbonyl (C=O) groups is 1. The minimum absolute atomic E-state index is 0.0870. The summed E-state index contributed by atoms with van der Waals surface area (Å²) in [6, 6.07) is 15.8. The Morgan fingerprint density at radius 2 is 1.94 bits per heavy atom. The average Bonchev–Trinajstić information content (AvgIpc) is 3.39. The normalized spacial score (nSPS) is 11.0. The van der Waals surface area contributed by atoms with E-state index in [9.17, 15) is 4.79 Å². The van der Waals surface area contributed by atoms with Gasteiger partial charge in [-0.1, -0.05) is 28.8 Å². The number of oxazole rings is 1. The first-order valence-corrected chi connectivity index (χ1v) is 12.3. The number of carboxylic acid groups (broad SMARTS) is 1. The van der Waals surface area contributed by atoms with Crippen LogP contribution in [-0.2, 0) is 17.0 Å². The van der Waals surface area contributed by atoms with E-state index in [4.69, 9.17) is 14.3 Å². The molecule has 0 saturated heterocycles. The Balaban J connectivity index is 1.35. The van der Waals surface area contributed by atoms with Crippen LogP contribution in [0.15, 0.2) is 52.9 Å². The van der Waals surface area contributed by atoms with Crippen molar-refractivity contribution >= 4 is 29.3 Å². The molecule has 0 aliphatic carbocycles. The number of aromatic nitrogens is 3. The minimum atomic E-state index is -0.807. The van der Waals surface area contributed by atoms with Gasteiger partial charge in [0.2, 0.25) is 5.89 Å². The maximum absolute atomic E-state index is 10.7. The van der Waals surface area contributed by atoms with Crippen molar-refractivity contribution in [1.82, 2.24) is 14.6 Å². The van der Waals surface area contributed by atoms with Crippen molar-refractivity contribution in [1.29, 1.82) is 0 Å². The molecule has 2 heterocycles. The zero-order valence-corrected chi connectivity index (χ0v) is 19.9. The van der Waals surface area contributed by atoms with Crippen LogP contribution in [0.25, 0.3) is 21.9 Å². The molecule has 1 N–H and O–H groups in total. The third-order valence-electron chi connectivity index (χ3n) is 4.94. The molecule has 0 atom stereocenters. The van der Waals surface area contributed by atoms with Gasteiger partial charge in [0.1, 0.15) is 11.5 Å². The number of hydrogen-bond donors (Lipinski definition) is 1. The highest BCUT2D eigenvalue weighted by molar-refractivity contribution is 7.99. The van der Waals surface area contributed by atoms with Gasteiger partial charge in [-0.15, -0.1) is 16.9 Å². The summed E-state index contributed by atoms with van der Waals surface area (Å²) in [6.07, 6.45) is 0.622. The quantitative estimate of drug-likeness (QED) is 0.321. The van der Waals surface area contributed by atoms with E-state index < -0.39 is 5.97 Å². The molecule has 0 aliphatic rings. The maximum atomic E-state index is 10.7. The molecule has 0 aliphatic heterocycles. The molecule has 0 unspecified atom stereocenters. The molecule has 9 heteroatoms. The Morgan fingerprint density at radius 1 is 1.15 bits per heavy atom. The maximum Gasteiger partial charge on any atom is 0.313 e. The van der Waals surface area contributed by atoms with Crippen molar-refractivity contribution in [2.24, 2.45) is 0 Å². The topological polar surface area (TPSA) is 98.3 Å². The Hall–Kier alpha value is -3.17. The summed E-state index contributed by atoms with van der Waals surface area (Å²) in [4.78, 5) is 16.4. The first kappa shape index (κ1) is 23.0. The van der Waals surface area contributed by atoms with Crippen LogP contribution in [-0.4, -0.2) is 38.0 Å². The molecule has 0 radical (unpaired) electrons. The molecular weight excluding hydrogens is 458 g/mol. The van der Waals surface area contributed by atoms with Gasteiger partial charge >= 0.3 is 5.97 Å². The smallest absolute Gasteiger partial charge is 0.313 e. The molecule has 0 fully saturated rings. The van der Waals surface area contributed by atoms with Gasteiger partial charge in [-0.2, -0.15) is 0 Å². The summed E-state index contributed by atoms with van der Waals surface area (Å²) in [5.41, 5.74) is 4.81. The highest BCUT2D eigenvalue weighted by atomic mass is 32.2. The lowest BCUT2D eigenvalue weighted by Gasteiger charge is -2.07. The molecule has 0 bridgehead atoms. The zero-order chi connectivity index (χ0) is 23.2. The fourth-order valence-corrected chi connectivity index (χ4v) is 4.64. The largest absolute Gasteiger partial charge is 0.493 e. The lowest BCUT2D eigenvalue weighted by atomic mass is 10.1. The monoisotopic (exact) mass is 481 g/mol. The fourth-order valence-electron chi connectivity index (χ4n) is 3.29. The first-order valence-electron chi connectivity index (χ1n) is 10.4. The van der Waals surface area contributed by atoms with Crippen LogP contribution in [0.3, 0.4) is 0 Å². The van der Waals surface area contributed by atoms with Crippen molar-refractivity contribution < 1.29 is 19.1 Å². The molecule has 0 spiro atoms. The SMILES string of the molecule is Cc1nnsc1-c1ccc(-c2nc(CCOc3cccc(CSCC(=O)O)c3)c(C)o2)cc1. The predicted octanol–water partition coefficient (Wildman–Crippen LogP) is 5.42. The van der Waals surface area contributed by atoms with Crippen LogP contribution in [0.1, 0.15) is 22.7 Å². The third-order valence-corrected chi connectivity index (χ3v) is 6.80. The van der Waals surface area contributed by atoms with Gasteiger partial charge in [-0.25, -0.2) is 4.98 Å². The highest BCUT2D eigenvalue weighted by Crippen LogP contribution is 2.29. The Labute approximate surface area is 200 Å². The van der Waals surface area contributed by atoms with Crippen LogP contribution < -0.4 is 4.74 Å². The zero-order valence-electron chi connectivity index (χ0n) is 18.3. The number of thioether (sulfide) groups is 1. The second-order valence-corrected chi connectivity index (χ2v) is 9.16. The van der Waals surface area contributed by atoms with Crippen molar-refractivity contribution in [2.75, 3.05) is 12.4 Å². The number of hydrogen-bond acceptors (Lipinski definition) is 8. The Morgan fingerprint density at radius 3 is 2.67 bits per heavy atom. The molecule has 4 aromatic rings. The van der Waals surface area contributed by atoms with E-state index >= 15 is 0 Å². The van der Waals surface area contributed by atoms with E-state index in [1.807, 2.05) is 62.4 Å². The van der Waals surface area contributed by atoms with Crippen molar-refractivity contribution in [2.45, 2.75) is 26.0 Å². The van der Waals surface area contributed by atoms with E-state index in [1.54, 1.807) is 0 Å². The fraction of sp³-hybridized carbons (Fsp3) is 0.250. The molecule has 33 heavy (non-hydrogen) atoms. The number of ether oxygens (including phenoxy) is 1. The van der Waals surface area contributed by atoms with E-state index in [0.29, 0.717) is 24.7 Å². The van der Waals surface area contributed by atoms with E-state index in [1.165, 1.54) is 23.3 Å². The molecule has 0 amide bonds. The summed E-state index contributed by atoms with van der Waals surface area (Å²) >= 11 is 2.75. The van der Waals surface area contributed by atoms with Crippen LogP contribution in [0, 0.1) is 13.8 Å². The number of aryl methyl sites for hydroxylation is 2. The van der Waals surface area contributed by atoms with E-state index in [-0.39, 0.29) is 5.75 Å². The van der Waals surface area contributed by atoms with Crippen molar-refractivity contribution in [3.05, 3.63) is 71.2 Å². The first-order chi connectivity index (χ1) is 16.0. The second-order valence-electron chi connectivity index (χ2n) is 7.42. The Bertz CT molecular complexity index is 1230. The van der Waals surface area contributed by atoms with Crippen molar-refractivity contribution in [3.63, 3.8) is 0 Å². The number of carboxylic acids is 1. The summed E-state index contributed by atoms with van der Waals surface area (Å²) in [5.74, 6) is 2.03. The van der Waals surface area contributed by atoms with Crippen molar-refractivity contribution in [3.8, 4) is 27.6 Å². The minimum Gasteiger partial charge on any atom is -0.493 e. The third kappa shape index (κ3) is 6.00. The average molecular weight is 482 g/mol. The van der Waals surface area contributed by atoms with Gasteiger partial charge in [0.25, 0.3) is 0 Å². The number of rotatable bonds is 10. The van der Waals surface area contributed by atoms with Gasteiger partial charge in [0, 0.05) is 17.7 Å². The standard InChI is InChI=1S/C24H23N3O4S2/c1-15-23(33-27-26-15)18-6-8-19(9-7-18)24-25-21(16(2)31-24)10-11-30-20-5-3-4-17(12-20)13-32-14-22(28)29/h3-9,12H,10-11,13-14H2,1-2H3,(H,28,29). The lowest BCUT2D eigenvalue weighted by molar-refractivity contribution is -0.133. The molecule has 2 aromatic carbocycles. The van der Waals surface area contributed by atoms with Gasteiger partial charge in [-0.05, 0) is 60.8 Å². The molecule has 4 rings (SSSR count). The molecular formula is C24H23N3O4S2. The van der Waals surface area contributed by atoms with Gasteiger partial charge in [0.15, 0.2) is 0 Å². The molecule has 2 aromatic heterocycles. The molecule has 0 saturated carbocycles. The van der Waals surface area contributed by atoms with Gasteiger partial charge in [0.05, 0.1) is 28.6 Å². The van der Waals surface area contributed by atoms with E-state index in [0.717, 1.165) is 44.5 Å².